The second-order valence-corrected chi connectivity index (χ2v) is 6.99. The average molecular weight is 313 g/mol. The van der Waals surface area contributed by atoms with Gasteiger partial charge in [0.15, 0.2) is 0 Å². The number of hydrogen-bond donors (Lipinski definition) is 2. The van der Waals surface area contributed by atoms with E-state index in [1.807, 2.05) is 0 Å². The van der Waals surface area contributed by atoms with Gasteiger partial charge in [0.05, 0.1) is 9.82 Å². The molecule has 2 rings (SSSR count). The molecule has 0 saturated carbocycles. The minimum absolute atomic E-state index is 0.0950. The van der Waals surface area contributed by atoms with E-state index in [-0.39, 0.29) is 10.6 Å². The van der Waals surface area contributed by atoms with E-state index in [9.17, 15) is 18.5 Å². The van der Waals surface area contributed by atoms with Crippen LogP contribution in [0.1, 0.15) is 18.4 Å². The summed E-state index contributed by atoms with van der Waals surface area (Å²) in [5.74, 6) is 0.505. The first-order valence-corrected chi connectivity index (χ1v) is 8.34. The van der Waals surface area contributed by atoms with Gasteiger partial charge in [-0.3, -0.25) is 10.1 Å². The molecule has 1 aromatic carbocycles. The lowest BCUT2D eigenvalue weighted by Crippen LogP contribution is -2.27. The van der Waals surface area contributed by atoms with Crippen LogP contribution in [0.2, 0.25) is 0 Å². The van der Waals surface area contributed by atoms with Crippen molar-refractivity contribution in [3.63, 3.8) is 0 Å². The van der Waals surface area contributed by atoms with Crippen LogP contribution in [0.15, 0.2) is 23.1 Å². The third-order valence-electron chi connectivity index (χ3n) is 3.67. The molecule has 116 valence electrons. The summed E-state index contributed by atoms with van der Waals surface area (Å²) < 4.78 is 27.0. The highest BCUT2D eigenvalue weighted by atomic mass is 32.2. The largest absolute Gasteiger partial charge is 0.316 e. The fraction of sp³-hybridized carbons (Fsp3) is 0.538. The van der Waals surface area contributed by atoms with Gasteiger partial charge in [-0.15, -0.1) is 0 Å². The Kier molecular flexibility index (Phi) is 4.92. The maximum Gasteiger partial charge on any atom is 0.269 e. The molecule has 0 aromatic heterocycles. The molecule has 1 aliphatic rings. The molecule has 0 radical (unpaired) electrons. The summed E-state index contributed by atoms with van der Waals surface area (Å²) in [4.78, 5) is 10.2. The molecule has 1 unspecified atom stereocenters. The summed E-state index contributed by atoms with van der Waals surface area (Å²) in [7, 11) is -3.62. The Morgan fingerprint density at radius 2 is 2.24 bits per heavy atom. The van der Waals surface area contributed by atoms with Gasteiger partial charge in [0.1, 0.15) is 0 Å². The summed E-state index contributed by atoms with van der Waals surface area (Å²) in [6.45, 7) is 3.85. The Bertz CT molecular complexity index is 624. The Morgan fingerprint density at radius 1 is 1.48 bits per heavy atom. The lowest BCUT2D eigenvalue weighted by molar-refractivity contribution is -0.385. The van der Waals surface area contributed by atoms with Crippen LogP contribution in [0, 0.1) is 23.0 Å². The van der Waals surface area contributed by atoms with Crippen molar-refractivity contribution in [3.05, 3.63) is 33.9 Å². The maximum absolute atomic E-state index is 12.2. The van der Waals surface area contributed by atoms with Crippen LogP contribution in [-0.4, -0.2) is 33.0 Å². The summed E-state index contributed by atoms with van der Waals surface area (Å²) in [5, 5.41) is 13.9. The van der Waals surface area contributed by atoms with Gasteiger partial charge in [0.2, 0.25) is 10.0 Å². The summed E-state index contributed by atoms with van der Waals surface area (Å²) in [6, 6.07) is 3.77. The Morgan fingerprint density at radius 3 is 2.81 bits per heavy atom. The van der Waals surface area contributed by atoms with Crippen molar-refractivity contribution in [1.82, 2.24) is 10.0 Å². The van der Waals surface area contributed by atoms with Crippen molar-refractivity contribution < 1.29 is 13.3 Å². The number of non-ortho nitro benzene ring substituents is 1. The number of nitro groups is 1. The van der Waals surface area contributed by atoms with Gasteiger partial charge in [0, 0.05) is 18.7 Å². The molecule has 2 N–H and O–H groups in total. The number of benzene rings is 1. The predicted octanol–water partition coefficient (Wildman–Crippen LogP) is 1.18. The number of sulfonamides is 1. The third kappa shape index (κ3) is 3.99. The number of aryl methyl sites for hydroxylation is 1. The number of nitrogens with one attached hydrogen (secondary N) is 2. The molecule has 8 heteroatoms. The Balaban J connectivity index is 2.03. The van der Waals surface area contributed by atoms with Gasteiger partial charge in [-0.25, -0.2) is 13.1 Å². The first kappa shape index (κ1) is 15.9. The minimum Gasteiger partial charge on any atom is -0.316 e. The highest BCUT2D eigenvalue weighted by molar-refractivity contribution is 7.89. The smallest absolute Gasteiger partial charge is 0.269 e. The highest BCUT2D eigenvalue weighted by Gasteiger charge is 2.20. The second-order valence-electron chi connectivity index (χ2n) is 5.25. The van der Waals surface area contributed by atoms with Crippen molar-refractivity contribution in [2.45, 2.75) is 24.7 Å². The number of nitro benzene ring substituents is 1. The molecule has 0 bridgehead atoms. The molecule has 21 heavy (non-hydrogen) atoms. The van der Waals surface area contributed by atoms with E-state index in [2.05, 4.69) is 10.0 Å². The number of nitrogens with zero attached hydrogens (tertiary/aromatic N) is 1. The fourth-order valence-corrected chi connectivity index (χ4v) is 3.76. The zero-order valence-electron chi connectivity index (χ0n) is 11.8. The van der Waals surface area contributed by atoms with E-state index in [0.717, 1.165) is 25.9 Å². The van der Waals surface area contributed by atoms with E-state index in [4.69, 9.17) is 0 Å². The van der Waals surface area contributed by atoms with Crippen molar-refractivity contribution in [3.8, 4) is 0 Å². The SMILES string of the molecule is Cc1cc([N+](=O)[O-])ccc1S(=O)(=O)NCCC1CCNC1. The quantitative estimate of drug-likeness (QED) is 0.606. The normalized spacial score (nSPS) is 18.8. The molecule has 1 heterocycles. The van der Waals surface area contributed by atoms with Gasteiger partial charge >= 0.3 is 0 Å². The zero-order chi connectivity index (χ0) is 15.5. The van der Waals surface area contributed by atoms with Crippen LogP contribution >= 0.6 is 0 Å². The fourth-order valence-electron chi connectivity index (χ4n) is 2.48. The van der Waals surface area contributed by atoms with Crippen LogP contribution in [0.5, 0.6) is 0 Å². The maximum atomic E-state index is 12.2. The Labute approximate surface area is 123 Å². The van der Waals surface area contributed by atoms with Gasteiger partial charge in [0.25, 0.3) is 5.69 Å². The number of hydrogen-bond acceptors (Lipinski definition) is 5. The monoisotopic (exact) mass is 313 g/mol. The summed E-state index contributed by atoms with van der Waals surface area (Å²) in [6.07, 6.45) is 1.86. The van der Waals surface area contributed by atoms with E-state index < -0.39 is 14.9 Å². The molecule has 0 spiro atoms. The third-order valence-corrected chi connectivity index (χ3v) is 5.29. The Hall–Kier alpha value is -1.51. The van der Waals surface area contributed by atoms with Crippen molar-refractivity contribution in [2.75, 3.05) is 19.6 Å². The highest BCUT2D eigenvalue weighted by Crippen LogP contribution is 2.21. The van der Waals surface area contributed by atoms with Gasteiger partial charge in [-0.2, -0.15) is 0 Å². The van der Waals surface area contributed by atoms with E-state index in [1.54, 1.807) is 6.92 Å². The van der Waals surface area contributed by atoms with Crippen LogP contribution in [0.25, 0.3) is 0 Å². The van der Waals surface area contributed by atoms with Crippen molar-refractivity contribution >= 4 is 15.7 Å². The first-order chi connectivity index (χ1) is 9.90. The molecular weight excluding hydrogens is 294 g/mol. The van der Waals surface area contributed by atoms with Crippen LogP contribution in [-0.2, 0) is 10.0 Å². The van der Waals surface area contributed by atoms with Crippen molar-refractivity contribution in [2.24, 2.45) is 5.92 Å². The first-order valence-electron chi connectivity index (χ1n) is 6.85. The second kappa shape index (κ2) is 6.50. The van der Waals surface area contributed by atoms with E-state index >= 15 is 0 Å². The molecular formula is C13H19N3O4S. The molecule has 7 nitrogen and oxygen atoms in total. The summed E-state index contributed by atoms with van der Waals surface area (Å²) in [5.41, 5.74) is 0.266. The minimum atomic E-state index is -3.62. The molecule has 0 amide bonds. The predicted molar refractivity (Wildman–Crippen MR) is 78.6 cm³/mol. The van der Waals surface area contributed by atoms with E-state index in [0.29, 0.717) is 18.0 Å². The van der Waals surface area contributed by atoms with Gasteiger partial charge in [-0.05, 0) is 50.4 Å². The standard InChI is InChI=1S/C13H19N3O4S/c1-10-8-12(16(17)18)2-3-13(10)21(19,20)15-7-5-11-4-6-14-9-11/h2-3,8,11,14-15H,4-7,9H2,1H3. The topological polar surface area (TPSA) is 101 Å². The van der Waals surface area contributed by atoms with E-state index in [1.165, 1.54) is 18.2 Å². The van der Waals surface area contributed by atoms with Crippen LogP contribution in [0.3, 0.4) is 0 Å². The lowest BCUT2D eigenvalue weighted by Gasteiger charge is -2.11. The molecule has 1 saturated heterocycles. The molecule has 1 aromatic rings. The van der Waals surface area contributed by atoms with Crippen LogP contribution < -0.4 is 10.0 Å². The van der Waals surface area contributed by atoms with Crippen molar-refractivity contribution in [1.29, 1.82) is 0 Å². The molecule has 0 aliphatic carbocycles. The lowest BCUT2D eigenvalue weighted by atomic mass is 10.1. The van der Waals surface area contributed by atoms with Crippen LogP contribution in [0.4, 0.5) is 5.69 Å². The molecule has 1 aliphatic heterocycles. The molecule has 1 atom stereocenters. The van der Waals surface area contributed by atoms with Gasteiger partial charge in [-0.1, -0.05) is 0 Å². The molecule has 1 fully saturated rings. The zero-order valence-corrected chi connectivity index (χ0v) is 12.6. The number of rotatable bonds is 6. The summed E-state index contributed by atoms with van der Waals surface area (Å²) >= 11 is 0. The van der Waals surface area contributed by atoms with Gasteiger partial charge < -0.3 is 5.32 Å². The average Bonchev–Trinajstić information content (AvgIpc) is 2.91.